The van der Waals surface area contributed by atoms with Crippen molar-refractivity contribution in [3.63, 3.8) is 0 Å². The zero-order valence-electron chi connectivity index (χ0n) is 15.7. The van der Waals surface area contributed by atoms with E-state index in [-0.39, 0.29) is 11.7 Å². The number of benzene rings is 3. The molecule has 28 heavy (non-hydrogen) atoms. The summed E-state index contributed by atoms with van der Waals surface area (Å²) in [5, 5.41) is 3.72. The third kappa shape index (κ3) is 3.32. The third-order valence-corrected chi connectivity index (χ3v) is 4.75. The van der Waals surface area contributed by atoms with Crippen molar-refractivity contribution in [3.05, 3.63) is 101 Å². The highest BCUT2D eigenvalue weighted by Crippen LogP contribution is 2.29. The highest BCUT2D eigenvalue weighted by Gasteiger charge is 2.19. The smallest absolute Gasteiger partial charge is 0.255 e. The van der Waals surface area contributed by atoms with E-state index in [0.717, 1.165) is 16.5 Å². The van der Waals surface area contributed by atoms with Crippen molar-refractivity contribution >= 4 is 28.3 Å². The second-order valence-electron chi connectivity index (χ2n) is 6.78. The summed E-state index contributed by atoms with van der Waals surface area (Å²) in [6.45, 7) is 3.85. The SMILES string of the molecule is Cc1ccc(C(=O)c2oc3cc(NC(=O)c4ccccc4)ccc3c2C)cc1. The minimum Gasteiger partial charge on any atom is -0.452 e. The molecule has 0 bridgehead atoms. The van der Waals surface area contributed by atoms with E-state index in [9.17, 15) is 9.59 Å². The molecular formula is C24H19NO3. The van der Waals surface area contributed by atoms with Crippen LogP contribution in [0.3, 0.4) is 0 Å². The first-order valence-corrected chi connectivity index (χ1v) is 9.04. The summed E-state index contributed by atoms with van der Waals surface area (Å²) >= 11 is 0. The van der Waals surface area contributed by atoms with Crippen LogP contribution in [0, 0.1) is 13.8 Å². The molecule has 0 fully saturated rings. The van der Waals surface area contributed by atoms with Crippen LogP contribution in [-0.4, -0.2) is 11.7 Å². The van der Waals surface area contributed by atoms with Crippen molar-refractivity contribution in [1.29, 1.82) is 0 Å². The molecule has 0 aliphatic heterocycles. The normalized spacial score (nSPS) is 10.8. The molecule has 0 radical (unpaired) electrons. The summed E-state index contributed by atoms with van der Waals surface area (Å²) in [5.74, 6) is -0.0202. The fraction of sp³-hybridized carbons (Fsp3) is 0.0833. The number of nitrogens with one attached hydrogen (secondary N) is 1. The molecule has 4 heteroatoms. The Morgan fingerprint density at radius 2 is 1.54 bits per heavy atom. The quantitative estimate of drug-likeness (QED) is 0.481. The maximum absolute atomic E-state index is 12.8. The number of carbonyl (C=O) groups is 2. The summed E-state index contributed by atoms with van der Waals surface area (Å²) in [6.07, 6.45) is 0. The first-order valence-electron chi connectivity index (χ1n) is 9.04. The van der Waals surface area contributed by atoms with Crippen molar-refractivity contribution in [2.45, 2.75) is 13.8 Å². The Morgan fingerprint density at radius 1 is 0.821 bits per heavy atom. The largest absolute Gasteiger partial charge is 0.452 e. The van der Waals surface area contributed by atoms with Gasteiger partial charge in [-0.05, 0) is 38.1 Å². The fourth-order valence-corrected chi connectivity index (χ4v) is 3.15. The maximum Gasteiger partial charge on any atom is 0.255 e. The van der Waals surface area contributed by atoms with Crippen molar-refractivity contribution in [2.75, 3.05) is 5.32 Å². The molecule has 0 aliphatic rings. The lowest BCUT2D eigenvalue weighted by Crippen LogP contribution is -2.11. The summed E-state index contributed by atoms with van der Waals surface area (Å²) in [4.78, 5) is 25.2. The predicted octanol–water partition coefficient (Wildman–Crippen LogP) is 5.53. The zero-order valence-corrected chi connectivity index (χ0v) is 15.7. The topological polar surface area (TPSA) is 59.3 Å². The van der Waals surface area contributed by atoms with E-state index in [2.05, 4.69) is 5.32 Å². The van der Waals surface area contributed by atoms with Gasteiger partial charge in [0, 0.05) is 33.8 Å². The Balaban J connectivity index is 1.65. The molecule has 1 aromatic heterocycles. The van der Waals surface area contributed by atoms with Gasteiger partial charge in [0.25, 0.3) is 5.91 Å². The third-order valence-electron chi connectivity index (χ3n) is 4.75. The molecule has 4 nitrogen and oxygen atoms in total. The second-order valence-corrected chi connectivity index (χ2v) is 6.78. The van der Waals surface area contributed by atoms with E-state index < -0.39 is 0 Å². The van der Waals surface area contributed by atoms with E-state index in [1.807, 2.05) is 56.3 Å². The number of amides is 1. The molecule has 4 aromatic rings. The van der Waals surface area contributed by atoms with E-state index in [0.29, 0.717) is 28.2 Å². The molecule has 1 heterocycles. The lowest BCUT2D eigenvalue weighted by molar-refractivity contribution is 0.101. The Hall–Kier alpha value is -3.66. The van der Waals surface area contributed by atoms with Gasteiger partial charge in [0.1, 0.15) is 5.58 Å². The van der Waals surface area contributed by atoms with Gasteiger partial charge in [0.15, 0.2) is 5.76 Å². The minimum atomic E-state index is -0.195. The van der Waals surface area contributed by atoms with Gasteiger partial charge in [-0.1, -0.05) is 48.0 Å². The Bertz CT molecular complexity index is 1170. The zero-order chi connectivity index (χ0) is 19.7. The Morgan fingerprint density at radius 3 is 2.25 bits per heavy atom. The van der Waals surface area contributed by atoms with Gasteiger partial charge in [-0.25, -0.2) is 0 Å². The van der Waals surface area contributed by atoms with Crippen LogP contribution in [0.5, 0.6) is 0 Å². The van der Waals surface area contributed by atoms with E-state index in [4.69, 9.17) is 4.42 Å². The van der Waals surface area contributed by atoms with Gasteiger partial charge < -0.3 is 9.73 Å². The molecule has 3 aromatic carbocycles. The van der Waals surface area contributed by atoms with Crippen molar-refractivity contribution < 1.29 is 14.0 Å². The summed E-state index contributed by atoms with van der Waals surface area (Å²) in [7, 11) is 0. The van der Waals surface area contributed by atoms with Crippen molar-refractivity contribution in [1.82, 2.24) is 0 Å². The van der Waals surface area contributed by atoms with Crippen molar-refractivity contribution in [2.24, 2.45) is 0 Å². The van der Waals surface area contributed by atoms with Crippen LogP contribution in [0.1, 0.15) is 37.6 Å². The molecular weight excluding hydrogens is 350 g/mol. The van der Waals surface area contributed by atoms with Gasteiger partial charge in [-0.3, -0.25) is 9.59 Å². The van der Waals surface area contributed by atoms with Gasteiger partial charge >= 0.3 is 0 Å². The molecule has 4 rings (SSSR count). The molecule has 0 unspecified atom stereocenters. The molecule has 0 aliphatic carbocycles. The second kappa shape index (κ2) is 7.16. The number of aryl methyl sites for hydroxylation is 2. The van der Waals surface area contributed by atoms with Crippen LogP contribution in [0.4, 0.5) is 5.69 Å². The number of anilines is 1. The van der Waals surface area contributed by atoms with Crippen LogP contribution in [0.25, 0.3) is 11.0 Å². The summed E-state index contributed by atoms with van der Waals surface area (Å²) < 4.78 is 5.87. The Labute approximate surface area is 162 Å². The van der Waals surface area contributed by atoms with Crippen LogP contribution < -0.4 is 5.32 Å². The minimum absolute atomic E-state index is 0.149. The molecule has 0 saturated carbocycles. The average Bonchev–Trinajstić information content (AvgIpc) is 3.04. The average molecular weight is 369 g/mol. The van der Waals surface area contributed by atoms with Crippen LogP contribution in [0.2, 0.25) is 0 Å². The van der Waals surface area contributed by atoms with E-state index in [1.54, 1.807) is 30.3 Å². The van der Waals surface area contributed by atoms with Gasteiger partial charge in [-0.2, -0.15) is 0 Å². The first-order chi connectivity index (χ1) is 13.5. The molecule has 1 N–H and O–H groups in total. The van der Waals surface area contributed by atoms with Gasteiger partial charge in [0.05, 0.1) is 0 Å². The molecule has 138 valence electrons. The van der Waals surface area contributed by atoms with E-state index >= 15 is 0 Å². The number of ketones is 1. The highest BCUT2D eigenvalue weighted by molar-refractivity contribution is 6.11. The number of rotatable bonds is 4. The number of hydrogen-bond donors (Lipinski definition) is 1. The number of fused-ring (bicyclic) bond motifs is 1. The van der Waals surface area contributed by atoms with Gasteiger partial charge in [0.2, 0.25) is 5.78 Å². The molecule has 0 atom stereocenters. The fourth-order valence-electron chi connectivity index (χ4n) is 3.15. The highest BCUT2D eigenvalue weighted by atomic mass is 16.3. The van der Waals surface area contributed by atoms with E-state index in [1.165, 1.54) is 0 Å². The summed E-state index contributed by atoms with van der Waals surface area (Å²) in [5.41, 5.74) is 4.24. The Kier molecular flexibility index (Phi) is 4.53. The first kappa shape index (κ1) is 17.7. The monoisotopic (exact) mass is 369 g/mol. The number of carbonyl (C=O) groups excluding carboxylic acids is 2. The predicted molar refractivity (Wildman–Crippen MR) is 110 cm³/mol. The standard InChI is InChI=1S/C24H19NO3/c1-15-8-10-17(11-9-15)22(26)23-16(2)20-13-12-19(14-21(20)28-23)25-24(27)18-6-4-3-5-7-18/h3-14H,1-2H3,(H,25,27). The van der Waals surface area contributed by atoms with Gasteiger partial charge in [-0.15, -0.1) is 0 Å². The lowest BCUT2D eigenvalue weighted by atomic mass is 10.0. The molecule has 0 spiro atoms. The summed E-state index contributed by atoms with van der Waals surface area (Å²) in [6, 6.07) is 21.8. The molecule has 1 amide bonds. The number of hydrogen-bond acceptors (Lipinski definition) is 3. The van der Waals surface area contributed by atoms with Crippen LogP contribution >= 0.6 is 0 Å². The lowest BCUT2D eigenvalue weighted by Gasteiger charge is -2.05. The molecule has 0 saturated heterocycles. The maximum atomic E-state index is 12.8. The van der Waals surface area contributed by atoms with Crippen molar-refractivity contribution in [3.8, 4) is 0 Å². The van der Waals surface area contributed by atoms with Crippen LogP contribution in [-0.2, 0) is 0 Å². The van der Waals surface area contributed by atoms with Crippen LogP contribution in [0.15, 0.2) is 77.2 Å². The number of furan rings is 1.